The summed E-state index contributed by atoms with van der Waals surface area (Å²) >= 11 is 0. The third-order valence-corrected chi connectivity index (χ3v) is 2.78. The number of ether oxygens (including phenoxy) is 1. The normalized spacial score (nSPS) is 17.9. The molecule has 2 rings (SSSR count). The lowest BCUT2D eigenvalue weighted by Gasteiger charge is -2.13. The van der Waals surface area contributed by atoms with Crippen LogP contribution in [0.5, 0.6) is 5.75 Å². The number of hydrogen-bond donors (Lipinski definition) is 2. The van der Waals surface area contributed by atoms with Crippen molar-refractivity contribution in [2.75, 3.05) is 12.8 Å². The molecule has 6 nitrogen and oxygen atoms in total. The third-order valence-electron chi connectivity index (χ3n) is 2.78. The number of rotatable bonds is 2. The van der Waals surface area contributed by atoms with E-state index in [-0.39, 0.29) is 35.8 Å². The molecule has 0 saturated heterocycles. The number of hydrogen-bond acceptors (Lipinski definition) is 6. The number of anilines is 1. The van der Waals surface area contributed by atoms with Crippen LogP contribution in [0.1, 0.15) is 12.8 Å². The standard InChI is InChI=1S/C13H13N3O3/c1-19-13-4-7(14)2-3-9(13)16-10-6-11(17)8(15)5-12(10)18/h2-4,15H,5-6,14H2,1H3. The maximum atomic E-state index is 11.7. The van der Waals surface area contributed by atoms with Gasteiger partial charge in [0, 0.05) is 11.8 Å². The summed E-state index contributed by atoms with van der Waals surface area (Å²) in [6.07, 6.45) is -0.319. The Morgan fingerprint density at radius 3 is 2.68 bits per heavy atom. The van der Waals surface area contributed by atoms with Crippen LogP contribution in [0.4, 0.5) is 11.4 Å². The van der Waals surface area contributed by atoms with E-state index in [1.807, 2.05) is 0 Å². The molecule has 0 spiro atoms. The molecule has 98 valence electrons. The predicted octanol–water partition coefficient (Wildman–Crippen LogP) is 1.30. The molecule has 0 unspecified atom stereocenters. The van der Waals surface area contributed by atoms with Gasteiger partial charge in [-0.05, 0) is 12.1 Å². The predicted molar refractivity (Wildman–Crippen MR) is 71.5 cm³/mol. The molecule has 1 fully saturated rings. The Morgan fingerprint density at radius 1 is 1.26 bits per heavy atom. The Balaban J connectivity index is 2.38. The first-order chi connectivity index (χ1) is 9.01. The zero-order valence-electron chi connectivity index (χ0n) is 10.4. The number of Topliss-reactive ketones (excluding diaryl/α,β-unsaturated/α-hetero) is 2. The second-order valence-electron chi connectivity index (χ2n) is 4.17. The van der Waals surface area contributed by atoms with Gasteiger partial charge in [-0.15, -0.1) is 0 Å². The summed E-state index contributed by atoms with van der Waals surface area (Å²) in [7, 11) is 1.47. The number of nitrogens with one attached hydrogen (secondary N) is 1. The zero-order valence-corrected chi connectivity index (χ0v) is 10.4. The van der Waals surface area contributed by atoms with Gasteiger partial charge >= 0.3 is 0 Å². The topological polar surface area (TPSA) is 106 Å². The van der Waals surface area contributed by atoms with Crippen molar-refractivity contribution in [1.29, 1.82) is 5.41 Å². The van der Waals surface area contributed by atoms with E-state index >= 15 is 0 Å². The van der Waals surface area contributed by atoms with E-state index in [0.29, 0.717) is 17.1 Å². The summed E-state index contributed by atoms with van der Waals surface area (Å²) in [5, 5.41) is 7.33. The first-order valence-electron chi connectivity index (χ1n) is 5.66. The number of nitrogens with two attached hydrogens (primary N) is 1. The SMILES string of the molecule is COc1cc(N)ccc1N=C1CC(=O)C(=N)CC1=O. The summed E-state index contributed by atoms with van der Waals surface area (Å²) in [6.45, 7) is 0. The molecule has 0 amide bonds. The summed E-state index contributed by atoms with van der Waals surface area (Å²) in [5.74, 6) is -0.232. The van der Waals surface area contributed by atoms with Crippen molar-refractivity contribution in [3.63, 3.8) is 0 Å². The average Bonchev–Trinajstić information content (AvgIpc) is 2.37. The van der Waals surface area contributed by atoms with Gasteiger partial charge in [0.25, 0.3) is 0 Å². The molecule has 0 aromatic heterocycles. The summed E-state index contributed by atoms with van der Waals surface area (Å²) in [6, 6.07) is 4.86. The lowest BCUT2D eigenvalue weighted by Crippen LogP contribution is -2.32. The molecule has 0 heterocycles. The van der Waals surface area contributed by atoms with Gasteiger partial charge in [-0.2, -0.15) is 0 Å². The van der Waals surface area contributed by atoms with E-state index in [2.05, 4.69) is 4.99 Å². The number of aliphatic imine (C=N–C) groups is 1. The van der Waals surface area contributed by atoms with Crippen molar-refractivity contribution in [2.45, 2.75) is 12.8 Å². The Kier molecular flexibility index (Phi) is 3.41. The van der Waals surface area contributed by atoms with Gasteiger partial charge in [0.2, 0.25) is 0 Å². The van der Waals surface area contributed by atoms with Crippen LogP contribution in [-0.2, 0) is 9.59 Å². The van der Waals surface area contributed by atoms with E-state index in [1.165, 1.54) is 7.11 Å². The van der Waals surface area contributed by atoms with Crippen LogP contribution in [0.25, 0.3) is 0 Å². The van der Waals surface area contributed by atoms with E-state index in [9.17, 15) is 9.59 Å². The van der Waals surface area contributed by atoms with Gasteiger partial charge in [-0.1, -0.05) is 0 Å². The number of ketones is 2. The molecule has 1 aliphatic carbocycles. The Labute approximate surface area is 109 Å². The second kappa shape index (κ2) is 5.01. The number of carbonyl (C=O) groups is 2. The van der Waals surface area contributed by atoms with Crippen molar-refractivity contribution in [3.05, 3.63) is 18.2 Å². The fraction of sp³-hybridized carbons (Fsp3) is 0.231. The van der Waals surface area contributed by atoms with E-state index < -0.39 is 0 Å². The van der Waals surface area contributed by atoms with Crippen LogP contribution in [-0.4, -0.2) is 30.1 Å². The fourth-order valence-electron chi connectivity index (χ4n) is 1.75. The van der Waals surface area contributed by atoms with Gasteiger partial charge < -0.3 is 15.9 Å². The van der Waals surface area contributed by atoms with Crippen LogP contribution in [0.3, 0.4) is 0 Å². The van der Waals surface area contributed by atoms with Gasteiger partial charge in [0.15, 0.2) is 11.6 Å². The molecular formula is C13H13N3O3. The maximum absolute atomic E-state index is 11.7. The Morgan fingerprint density at radius 2 is 2.00 bits per heavy atom. The molecular weight excluding hydrogens is 246 g/mol. The minimum absolute atomic E-state index is 0.134. The van der Waals surface area contributed by atoms with Crippen LogP contribution >= 0.6 is 0 Å². The quantitative estimate of drug-likeness (QED) is 0.781. The van der Waals surface area contributed by atoms with Gasteiger partial charge in [0.05, 0.1) is 31.4 Å². The molecule has 19 heavy (non-hydrogen) atoms. The number of carbonyl (C=O) groups excluding carboxylic acids is 2. The van der Waals surface area contributed by atoms with Crippen LogP contribution in [0.2, 0.25) is 0 Å². The van der Waals surface area contributed by atoms with Crippen molar-refractivity contribution >= 4 is 34.4 Å². The highest BCUT2D eigenvalue weighted by Gasteiger charge is 2.27. The van der Waals surface area contributed by atoms with E-state index in [0.717, 1.165) is 0 Å². The first kappa shape index (κ1) is 12.9. The molecule has 6 heteroatoms. The van der Waals surface area contributed by atoms with Crippen LogP contribution in [0.15, 0.2) is 23.2 Å². The highest BCUT2D eigenvalue weighted by Crippen LogP contribution is 2.30. The molecule has 1 aromatic carbocycles. The summed E-state index contributed by atoms with van der Waals surface area (Å²) in [5.41, 5.74) is 6.59. The summed E-state index contributed by atoms with van der Waals surface area (Å²) < 4.78 is 5.13. The molecule has 0 aliphatic heterocycles. The number of benzene rings is 1. The van der Waals surface area contributed by atoms with Crippen molar-refractivity contribution < 1.29 is 14.3 Å². The van der Waals surface area contributed by atoms with E-state index in [1.54, 1.807) is 18.2 Å². The largest absolute Gasteiger partial charge is 0.494 e. The monoisotopic (exact) mass is 259 g/mol. The minimum atomic E-state index is -0.368. The lowest BCUT2D eigenvalue weighted by molar-refractivity contribution is -0.116. The maximum Gasteiger partial charge on any atom is 0.183 e. The van der Waals surface area contributed by atoms with Crippen molar-refractivity contribution in [1.82, 2.24) is 0 Å². The van der Waals surface area contributed by atoms with E-state index in [4.69, 9.17) is 15.9 Å². The lowest BCUT2D eigenvalue weighted by atomic mass is 9.94. The number of nitrogens with zero attached hydrogens (tertiary/aromatic N) is 1. The van der Waals surface area contributed by atoms with Gasteiger partial charge in [-0.25, -0.2) is 4.99 Å². The molecule has 0 radical (unpaired) electrons. The highest BCUT2D eigenvalue weighted by atomic mass is 16.5. The molecule has 1 aliphatic rings. The molecule has 0 bridgehead atoms. The molecule has 1 saturated carbocycles. The highest BCUT2D eigenvalue weighted by molar-refractivity contribution is 6.60. The van der Waals surface area contributed by atoms with Gasteiger partial charge in [-0.3, -0.25) is 9.59 Å². The Hall–Kier alpha value is -2.50. The fourth-order valence-corrected chi connectivity index (χ4v) is 1.75. The first-order valence-corrected chi connectivity index (χ1v) is 5.66. The minimum Gasteiger partial charge on any atom is -0.494 e. The van der Waals surface area contributed by atoms with Crippen LogP contribution in [0, 0.1) is 5.41 Å². The smallest absolute Gasteiger partial charge is 0.183 e. The van der Waals surface area contributed by atoms with Crippen molar-refractivity contribution in [3.8, 4) is 5.75 Å². The van der Waals surface area contributed by atoms with Crippen molar-refractivity contribution in [2.24, 2.45) is 4.99 Å². The number of nitrogen functional groups attached to an aromatic ring is 1. The van der Waals surface area contributed by atoms with Crippen LogP contribution < -0.4 is 10.5 Å². The van der Waals surface area contributed by atoms with Gasteiger partial charge in [0.1, 0.15) is 11.4 Å². The third kappa shape index (κ3) is 2.67. The average molecular weight is 259 g/mol. The second-order valence-corrected chi connectivity index (χ2v) is 4.17. The molecule has 3 N–H and O–H groups in total. The molecule has 0 atom stereocenters. The number of methoxy groups -OCH3 is 1. The zero-order chi connectivity index (χ0) is 14.0. The molecule has 1 aromatic rings. The Bertz CT molecular complexity index is 605. The summed E-state index contributed by atoms with van der Waals surface area (Å²) in [4.78, 5) is 27.3.